The smallest absolute Gasteiger partial charge is 0.194 e. The zero-order valence-electron chi connectivity index (χ0n) is 10.6. The number of nitrogens with zero attached hydrogens (tertiary/aromatic N) is 1. The van der Waals surface area contributed by atoms with Gasteiger partial charge in [-0.05, 0) is 36.2 Å². The third-order valence-electron chi connectivity index (χ3n) is 2.90. The number of nitrogen functional groups attached to an aromatic ring is 1. The highest BCUT2D eigenvalue weighted by Gasteiger charge is 2.20. The molecular weight excluding hydrogens is 269 g/mol. The van der Waals surface area contributed by atoms with E-state index >= 15 is 0 Å². The molecule has 0 aliphatic rings. The molecule has 2 rings (SSSR count). The van der Waals surface area contributed by atoms with Crippen LogP contribution >= 0.6 is 0 Å². The van der Waals surface area contributed by atoms with Gasteiger partial charge >= 0.3 is 0 Å². The van der Waals surface area contributed by atoms with Crippen molar-refractivity contribution in [2.75, 3.05) is 5.73 Å². The molecule has 4 nitrogen and oxygen atoms in total. The van der Waals surface area contributed by atoms with Crippen LogP contribution in [-0.2, 0) is 0 Å². The summed E-state index contributed by atoms with van der Waals surface area (Å²) in [5, 5.41) is 0. The van der Waals surface area contributed by atoms with Gasteiger partial charge in [-0.15, -0.1) is 0 Å². The Morgan fingerprint density at radius 1 is 1.15 bits per heavy atom. The third-order valence-corrected chi connectivity index (χ3v) is 2.90. The first-order valence-electron chi connectivity index (χ1n) is 5.76. The maximum Gasteiger partial charge on any atom is 0.194 e. The van der Waals surface area contributed by atoms with Crippen molar-refractivity contribution >= 4 is 5.82 Å². The monoisotopic (exact) mass is 282 g/mol. The summed E-state index contributed by atoms with van der Waals surface area (Å²) in [6.07, 6.45) is 1.55. The normalized spacial score (nSPS) is 12.4. The molecule has 0 fully saturated rings. The third kappa shape index (κ3) is 2.59. The maximum absolute atomic E-state index is 13.3. The highest BCUT2D eigenvalue weighted by atomic mass is 19.2. The molecular formula is C13H13F3N4. The van der Waals surface area contributed by atoms with Gasteiger partial charge in [0.1, 0.15) is 5.82 Å². The second-order valence-electron chi connectivity index (χ2n) is 4.39. The molecule has 1 atom stereocenters. The summed E-state index contributed by atoms with van der Waals surface area (Å²) in [6.45, 7) is 1.79. The van der Waals surface area contributed by atoms with Crippen molar-refractivity contribution in [1.29, 1.82) is 0 Å². The second-order valence-corrected chi connectivity index (χ2v) is 4.39. The van der Waals surface area contributed by atoms with Gasteiger partial charge in [0, 0.05) is 11.8 Å². The van der Waals surface area contributed by atoms with Crippen molar-refractivity contribution in [1.82, 2.24) is 10.4 Å². The van der Waals surface area contributed by atoms with E-state index in [1.807, 2.05) is 0 Å². The Morgan fingerprint density at radius 3 is 2.30 bits per heavy atom. The van der Waals surface area contributed by atoms with E-state index in [-0.39, 0.29) is 11.4 Å². The van der Waals surface area contributed by atoms with E-state index in [9.17, 15) is 13.2 Å². The lowest BCUT2D eigenvalue weighted by atomic mass is 9.98. The lowest BCUT2D eigenvalue weighted by molar-refractivity contribution is 0.442. The molecule has 1 heterocycles. The molecule has 0 amide bonds. The maximum atomic E-state index is 13.3. The van der Waals surface area contributed by atoms with E-state index in [1.54, 1.807) is 19.2 Å². The molecule has 106 valence electrons. The molecule has 1 aromatic carbocycles. The molecule has 7 heteroatoms. The first-order chi connectivity index (χ1) is 9.43. The highest BCUT2D eigenvalue weighted by molar-refractivity contribution is 5.47. The number of benzene rings is 1. The molecule has 1 aromatic heterocycles. The summed E-state index contributed by atoms with van der Waals surface area (Å²) in [5.41, 5.74) is 9.52. The minimum Gasteiger partial charge on any atom is -0.383 e. The summed E-state index contributed by atoms with van der Waals surface area (Å²) < 4.78 is 39.6. The Hall–Kier alpha value is -2.12. The van der Waals surface area contributed by atoms with Crippen LogP contribution in [0.3, 0.4) is 0 Å². The largest absolute Gasteiger partial charge is 0.383 e. The number of hydrogen-bond donors (Lipinski definition) is 3. The molecule has 0 spiro atoms. The van der Waals surface area contributed by atoms with E-state index in [0.717, 1.165) is 17.7 Å². The number of rotatable bonds is 3. The number of anilines is 1. The number of aryl methyl sites for hydroxylation is 1. The Morgan fingerprint density at radius 2 is 1.75 bits per heavy atom. The predicted octanol–water partition coefficient (Wildman–Crippen LogP) is 1.94. The van der Waals surface area contributed by atoms with Crippen LogP contribution in [0.4, 0.5) is 19.0 Å². The first-order valence-corrected chi connectivity index (χ1v) is 5.76. The van der Waals surface area contributed by atoms with Crippen LogP contribution in [0.15, 0.2) is 24.4 Å². The lowest BCUT2D eigenvalue weighted by Gasteiger charge is -2.19. The second kappa shape index (κ2) is 5.48. The van der Waals surface area contributed by atoms with E-state index in [2.05, 4.69) is 10.4 Å². The Bertz CT molecular complexity index is 623. The fourth-order valence-electron chi connectivity index (χ4n) is 1.94. The van der Waals surface area contributed by atoms with Gasteiger partial charge in [0.2, 0.25) is 0 Å². The standard InChI is InChI=1S/C13H13F3N4/c1-6-2-8(13(17)19-5-6)12(20-18)7-3-9(14)11(16)10(15)4-7/h2-5,12,20H,18H2,1H3,(H2,17,19). The summed E-state index contributed by atoms with van der Waals surface area (Å²) >= 11 is 0. The average Bonchev–Trinajstić information content (AvgIpc) is 2.40. The van der Waals surface area contributed by atoms with E-state index < -0.39 is 23.5 Å². The van der Waals surface area contributed by atoms with Crippen molar-refractivity contribution in [3.05, 3.63) is 58.5 Å². The molecule has 0 bridgehead atoms. The fourth-order valence-corrected chi connectivity index (χ4v) is 1.94. The topological polar surface area (TPSA) is 77.0 Å². The van der Waals surface area contributed by atoms with Gasteiger partial charge in [-0.3, -0.25) is 5.84 Å². The molecule has 0 saturated carbocycles. The average molecular weight is 282 g/mol. The first kappa shape index (κ1) is 14.3. The van der Waals surface area contributed by atoms with Crippen LogP contribution < -0.4 is 17.0 Å². The van der Waals surface area contributed by atoms with Gasteiger partial charge in [-0.2, -0.15) is 0 Å². The van der Waals surface area contributed by atoms with Crippen molar-refractivity contribution in [3.8, 4) is 0 Å². The van der Waals surface area contributed by atoms with Crippen LogP contribution in [-0.4, -0.2) is 4.98 Å². The Labute approximate surface area is 113 Å². The predicted molar refractivity (Wildman–Crippen MR) is 68.9 cm³/mol. The zero-order chi connectivity index (χ0) is 14.9. The SMILES string of the molecule is Cc1cnc(N)c(C(NN)c2cc(F)c(F)c(F)c2)c1. The molecule has 5 N–H and O–H groups in total. The fraction of sp³-hybridized carbons (Fsp3) is 0.154. The van der Waals surface area contributed by atoms with E-state index in [1.165, 1.54) is 0 Å². The van der Waals surface area contributed by atoms with Crippen molar-refractivity contribution in [2.45, 2.75) is 13.0 Å². The minimum atomic E-state index is -1.53. The molecule has 0 aliphatic carbocycles. The van der Waals surface area contributed by atoms with Crippen LogP contribution in [0.1, 0.15) is 22.7 Å². The number of pyridine rings is 1. The molecule has 0 saturated heterocycles. The molecule has 2 aromatic rings. The van der Waals surface area contributed by atoms with Gasteiger partial charge in [0.15, 0.2) is 17.5 Å². The van der Waals surface area contributed by atoms with Crippen molar-refractivity contribution in [2.24, 2.45) is 5.84 Å². The summed E-state index contributed by atoms with van der Waals surface area (Å²) in [4.78, 5) is 3.96. The van der Waals surface area contributed by atoms with Crippen molar-refractivity contribution in [3.63, 3.8) is 0 Å². The number of hydrazine groups is 1. The van der Waals surface area contributed by atoms with E-state index in [4.69, 9.17) is 11.6 Å². The van der Waals surface area contributed by atoms with Crippen LogP contribution in [0.2, 0.25) is 0 Å². The Balaban J connectivity index is 2.55. The van der Waals surface area contributed by atoms with Gasteiger partial charge in [-0.1, -0.05) is 0 Å². The van der Waals surface area contributed by atoms with Crippen LogP contribution in [0.25, 0.3) is 0 Å². The van der Waals surface area contributed by atoms with Crippen LogP contribution in [0.5, 0.6) is 0 Å². The Kier molecular flexibility index (Phi) is 3.91. The van der Waals surface area contributed by atoms with Crippen LogP contribution in [0, 0.1) is 24.4 Å². The number of aromatic nitrogens is 1. The summed E-state index contributed by atoms with van der Waals surface area (Å²) in [7, 11) is 0. The number of halogens is 3. The summed E-state index contributed by atoms with van der Waals surface area (Å²) in [5.74, 6) is 1.48. The van der Waals surface area contributed by atoms with Gasteiger partial charge < -0.3 is 5.73 Å². The van der Waals surface area contributed by atoms with E-state index in [0.29, 0.717) is 5.56 Å². The molecule has 1 unspecified atom stereocenters. The number of nitrogens with two attached hydrogens (primary N) is 2. The number of hydrogen-bond acceptors (Lipinski definition) is 4. The molecule has 0 radical (unpaired) electrons. The zero-order valence-corrected chi connectivity index (χ0v) is 10.6. The van der Waals surface area contributed by atoms with Crippen molar-refractivity contribution < 1.29 is 13.2 Å². The molecule has 0 aliphatic heterocycles. The highest BCUT2D eigenvalue weighted by Crippen LogP contribution is 2.27. The number of nitrogens with one attached hydrogen (secondary N) is 1. The van der Waals surface area contributed by atoms with Gasteiger partial charge in [0.05, 0.1) is 6.04 Å². The quantitative estimate of drug-likeness (QED) is 0.457. The summed E-state index contributed by atoms with van der Waals surface area (Å²) in [6, 6.07) is 2.62. The van der Waals surface area contributed by atoms with Gasteiger partial charge in [0.25, 0.3) is 0 Å². The van der Waals surface area contributed by atoms with Gasteiger partial charge in [-0.25, -0.2) is 23.6 Å². The minimum absolute atomic E-state index is 0.114. The molecule has 20 heavy (non-hydrogen) atoms. The lowest BCUT2D eigenvalue weighted by Crippen LogP contribution is -2.30.